The summed E-state index contributed by atoms with van der Waals surface area (Å²) in [6.45, 7) is 0.631. The van der Waals surface area contributed by atoms with E-state index in [0.717, 1.165) is 12.8 Å². The Kier molecular flexibility index (Phi) is 3.81. The second-order valence-electron chi connectivity index (χ2n) is 5.66. The minimum absolute atomic E-state index is 0.0118. The Balaban J connectivity index is 1.59. The average molecular weight is 297 g/mol. The van der Waals surface area contributed by atoms with Gasteiger partial charge in [-0.1, -0.05) is 11.6 Å². The van der Waals surface area contributed by atoms with Crippen LogP contribution in [0.4, 0.5) is 5.69 Å². The van der Waals surface area contributed by atoms with Gasteiger partial charge in [0.15, 0.2) is 0 Å². The first-order valence-corrected chi connectivity index (χ1v) is 7.32. The zero-order chi connectivity index (χ0) is 14.1. The fourth-order valence-electron chi connectivity index (χ4n) is 3.24. The normalized spacial score (nSPS) is 28.4. The Morgan fingerprint density at radius 2 is 2.05 bits per heavy atom. The summed E-state index contributed by atoms with van der Waals surface area (Å²) in [4.78, 5) is 10.2. The van der Waals surface area contributed by atoms with Crippen LogP contribution in [0.2, 0.25) is 5.02 Å². The Morgan fingerprint density at radius 3 is 2.65 bits per heavy atom. The van der Waals surface area contributed by atoms with Crippen molar-refractivity contribution in [2.75, 3.05) is 6.61 Å². The van der Waals surface area contributed by atoms with E-state index in [1.54, 1.807) is 6.07 Å². The van der Waals surface area contributed by atoms with Crippen LogP contribution in [0.15, 0.2) is 18.2 Å². The summed E-state index contributed by atoms with van der Waals surface area (Å²) < 4.78 is 5.75. The molecule has 0 spiro atoms. The molecule has 2 unspecified atom stereocenters. The maximum absolute atomic E-state index is 10.6. The lowest BCUT2D eigenvalue weighted by Gasteiger charge is -2.29. The van der Waals surface area contributed by atoms with E-state index in [0.29, 0.717) is 35.4 Å². The van der Waals surface area contributed by atoms with Crippen LogP contribution in [0, 0.1) is 16.0 Å². The smallest absolute Gasteiger partial charge is 0.271 e. The van der Waals surface area contributed by atoms with E-state index >= 15 is 0 Å². The third kappa shape index (κ3) is 2.88. The van der Waals surface area contributed by atoms with Crippen molar-refractivity contribution < 1.29 is 9.66 Å². The van der Waals surface area contributed by atoms with Gasteiger partial charge in [0, 0.05) is 24.2 Å². The van der Waals surface area contributed by atoms with Crippen LogP contribution in [0.3, 0.4) is 0 Å². The number of ether oxygens (including phenoxy) is 1. The number of nitro benzene ring substituents is 1. The number of benzene rings is 1. The Morgan fingerprint density at radius 1 is 1.35 bits per heavy atom. The number of piperidine rings is 1. The molecule has 20 heavy (non-hydrogen) atoms. The molecule has 3 rings (SSSR count). The van der Waals surface area contributed by atoms with E-state index in [-0.39, 0.29) is 5.69 Å². The molecule has 0 radical (unpaired) electrons. The molecule has 1 aromatic rings. The SMILES string of the molecule is O=[N+]([O-])c1ccc(OCC2CC3CCC(C2)N3)c(Cl)c1. The van der Waals surface area contributed by atoms with Gasteiger partial charge in [-0.2, -0.15) is 0 Å². The molecular formula is C14H17ClN2O3. The fraction of sp³-hybridized carbons (Fsp3) is 0.571. The highest BCUT2D eigenvalue weighted by atomic mass is 35.5. The lowest BCUT2D eigenvalue weighted by molar-refractivity contribution is -0.384. The van der Waals surface area contributed by atoms with E-state index in [4.69, 9.17) is 16.3 Å². The fourth-order valence-corrected chi connectivity index (χ4v) is 3.47. The van der Waals surface area contributed by atoms with Crippen molar-refractivity contribution in [3.63, 3.8) is 0 Å². The molecule has 1 aromatic carbocycles. The molecule has 1 N–H and O–H groups in total. The molecular weight excluding hydrogens is 280 g/mol. The minimum Gasteiger partial charge on any atom is -0.492 e. The molecule has 2 aliphatic rings. The first-order valence-electron chi connectivity index (χ1n) is 6.94. The Hall–Kier alpha value is -1.33. The van der Waals surface area contributed by atoms with Crippen molar-refractivity contribution in [3.8, 4) is 5.75 Å². The summed E-state index contributed by atoms with van der Waals surface area (Å²) in [5.74, 6) is 1.07. The van der Waals surface area contributed by atoms with Gasteiger partial charge in [-0.3, -0.25) is 10.1 Å². The van der Waals surface area contributed by atoms with Crippen LogP contribution < -0.4 is 10.1 Å². The third-order valence-electron chi connectivity index (χ3n) is 4.17. The minimum atomic E-state index is -0.458. The van der Waals surface area contributed by atoms with Crippen molar-refractivity contribution in [3.05, 3.63) is 33.3 Å². The van der Waals surface area contributed by atoms with E-state index in [1.165, 1.54) is 25.0 Å². The molecule has 2 aliphatic heterocycles. The molecule has 0 amide bonds. The second-order valence-corrected chi connectivity index (χ2v) is 6.07. The van der Waals surface area contributed by atoms with Gasteiger partial charge in [0.2, 0.25) is 0 Å². The van der Waals surface area contributed by atoms with Gasteiger partial charge in [-0.25, -0.2) is 0 Å². The number of nitro groups is 1. The van der Waals surface area contributed by atoms with Crippen molar-refractivity contribution in [1.29, 1.82) is 0 Å². The molecule has 2 fully saturated rings. The summed E-state index contributed by atoms with van der Waals surface area (Å²) in [5.41, 5.74) is -0.0118. The monoisotopic (exact) mass is 296 g/mol. The third-order valence-corrected chi connectivity index (χ3v) is 4.47. The Bertz CT molecular complexity index is 511. The number of fused-ring (bicyclic) bond motifs is 2. The highest BCUT2D eigenvalue weighted by Gasteiger charge is 2.33. The maximum Gasteiger partial charge on any atom is 0.271 e. The van der Waals surface area contributed by atoms with Crippen molar-refractivity contribution in [1.82, 2.24) is 5.32 Å². The van der Waals surface area contributed by atoms with E-state index in [1.807, 2.05) is 0 Å². The number of rotatable bonds is 4. The first kappa shape index (κ1) is 13.6. The number of nitrogens with zero attached hydrogens (tertiary/aromatic N) is 1. The van der Waals surface area contributed by atoms with Gasteiger partial charge in [-0.15, -0.1) is 0 Å². The number of nitrogens with one attached hydrogen (secondary N) is 1. The quantitative estimate of drug-likeness (QED) is 0.685. The van der Waals surface area contributed by atoms with Gasteiger partial charge in [0.1, 0.15) is 5.75 Å². The van der Waals surface area contributed by atoms with Gasteiger partial charge in [0.25, 0.3) is 5.69 Å². The van der Waals surface area contributed by atoms with Gasteiger partial charge >= 0.3 is 0 Å². The summed E-state index contributed by atoms with van der Waals surface area (Å²) in [6.07, 6.45) is 4.81. The average Bonchev–Trinajstić information content (AvgIpc) is 2.76. The summed E-state index contributed by atoms with van der Waals surface area (Å²) in [7, 11) is 0. The summed E-state index contributed by atoms with van der Waals surface area (Å²) >= 11 is 6.02. The summed E-state index contributed by atoms with van der Waals surface area (Å²) in [6, 6.07) is 5.61. The molecule has 5 nitrogen and oxygen atoms in total. The number of halogens is 1. The van der Waals surface area contributed by atoms with Crippen LogP contribution in [0.1, 0.15) is 25.7 Å². The Labute approximate surface area is 122 Å². The predicted octanol–water partition coefficient (Wildman–Crippen LogP) is 3.16. The molecule has 108 valence electrons. The zero-order valence-corrected chi connectivity index (χ0v) is 11.8. The summed E-state index contributed by atoms with van der Waals surface area (Å²) in [5, 5.41) is 14.5. The highest BCUT2D eigenvalue weighted by molar-refractivity contribution is 6.32. The van der Waals surface area contributed by atoms with Crippen LogP contribution in [0.5, 0.6) is 5.75 Å². The first-order chi connectivity index (χ1) is 9.61. The van der Waals surface area contributed by atoms with Crippen LogP contribution in [-0.2, 0) is 0 Å². The van der Waals surface area contributed by atoms with Crippen LogP contribution in [-0.4, -0.2) is 23.6 Å². The van der Waals surface area contributed by atoms with Crippen molar-refractivity contribution >= 4 is 17.3 Å². The van der Waals surface area contributed by atoms with E-state index < -0.39 is 4.92 Å². The number of hydrogen-bond acceptors (Lipinski definition) is 4. The second kappa shape index (κ2) is 5.58. The van der Waals surface area contributed by atoms with Crippen LogP contribution >= 0.6 is 11.6 Å². The predicted molar refractivity (Wildman–Crippen MR) is 76.3 cm³/mol. The van der Waals surface area contributed by atoms with Crippen LogP contribution in [0.25, 0.3) is 0 Å². The number of non-ortho nitro benzene ring substituents is 1. The van der Waals surface area contributed by atoms with Gasteiger partial charge in [-0.05, 0) is 37.7 Å². The van der Waals surface area contributed by atoms with E-state index in [9.17, 15) is 10.1 Å². The zero-order valence-electron chi connectivity index (χ0n) is 11.0. The molecule has 2 atom stereocenters. The molecule has 0 aliphatic carbocycles. The molecule has 2 saturated heterocycles. The molecule has 0 aromatic heterocycles. The highest BCUT2D eigenvalue weighted by Crippen LogP contribution is 2.33. The van der Waals surface area contributed by atoms with Crippen molar-refractivity contribution in [2.24, 2.45) is 5.92 Å². The van der Waals surface area contributed by atoms with Crippen molar-refractivity contribution in [2.45, 2.75) is 37.8 Å². The molecule has 6 heteroatoms. The number of hydrogen-bond donors (Lipinski definition) is 1. The molecule has 2 heterocycles. The lowest BCUT2D eigenvalue weighted by Crippen LogP contribution is -2.39. The molecule has 0 saturated carbocycles. The molecule has 2 bridgehead atoms. The van der Waals surface area contributed by atoms with E-state index in [2.05, 4.69) is 5.32 Å². The largest absolute Gasteiger partial charge is 0.492 e. The lowest BCUT2D eigenvalue weighted by atomic mass is 9.93. The van der Waals surface area contributed by atoms with Gasteiger partial charge in [0.05, 0.1) is 16.6 Å². The maximum atomic E-state index is 10.6. The topological polar surface area (TPSA) is 64.4 Å². The standard InChI is InChI=1S/C14H17ClN2O3/c15-13-7-12(17(18)19)3-4-14(13)20-8-9-5-10-1-2-11(6-9)16-10/h3-4,7,9-11,16H,1-2,5-6,8H2. The van der Waals surface area contributed by atoms with Gasteiger partial charge < -0.3 is 10.1 Å².